The van der Waals surface area contributed by atoms with E-state index in [2.05, 4.69) is 29.5 Å². The van der Waals surface area contributed by atoms with Crippen LogP contribution in [0.5, 0.6) is 0 Å². The van der Waals surface area contributed by atoms with Crippen LogP contribution in [0.25, 0.3) is 0 Å². The second kappa shape index (κ2) is 6.06. The molecule has 1 saturated heterocycles. The van der Waals surface area contributed by atoms with E-state index in [1.165, 1.54) is 0 Å². The Balaban J connectivity index is 1.84. The fourth-order valence-electron chi connectivity index (χ4n) is 3.08. The molecule has 0 radical (unpaired) electrons. The maximum Gasteiger partial charge on any atom is 0.276 e. The van der Waals surface area contributed by atoms with E-state index in [0.29, 0.717) is 18.2 Å². The van der Waals surface area contributed by atoms with Crippen molar-refractivity contribution in [3.63, 3.8) is 0 Å². The van der Waals surface area contributed by atoms with E-state index in [9.17, 15) is 9.59 Å². The molecule has 7 nitrogen and oxygen atoms in total. The molecule has 2 amide bonds. The van der Waals surface area contributed by atoms with E-state index in [-0.39, 0.29) is 23.6 Å². The van der Waals surface area contributed by atoms with Crippen molar-refractivity contribution in [2.24, 2.45) is 5.92 Å². The third-order valence-corrected chi connectivity index (χ3v) is 4.54. The number of nitrogens with zero attached hydrogens (tertiary/aromatic N) is 4. The molecule has 1 fully saturated rings. The zero-order chi connectivity index (χ0) is 15.7. The van der Waals surface area contributed by atoms with E-state index in [0.717, 1.165) is 38.8 Å². The Morgan fingerprint density at radius 2 is 1.91 bits per heavy atom. The first-order valence-corrected chi connectivity index (χ1v) is 8.11. The molecule has 3 rings (SSSR count). The molecular formula is C15H23N5O2. The van der Waals surface area contributed by atoms with Crippen molar-refractivity contribution >= 4 is 11.8 Å². The van der Waals surface area contributed by atoms with E-state index in [4.69, 9.17) is 0 Å². The minimum absolute atomic E-state index is 0.0304. The van der Waals surface area contributed by atoms with Crippen LogP contribution in [0.15, 0.2) is 0 Å². The van der Waals surface area contributed by atoms with Gasteiger partial charge in [-0.1, -0.05) is 31.9 Å². The number of hydrogen-bond donors (Lipinski definition) is 1. The molecule has 0 unspecified atom stereocenters. The largest absolute Gasteiger partial charge is 0.346 e. The highest BCUT2D eigenvalue weighted by Crippen LogP contribution is 2.18. The van der Waals surface area contributed by atoms with Gasteiger partial charge in [-0.15, -0.1) is 5.10 Å². The number of carbonyl (C=O) groups is 2. The highest BCUT2D eigenvalue weighted by molar-refractivity contribution is 6.05. The van der Waals surface area contributed by atoms with Crippen LogP contribution in [0.4, 0.5) is 0 Å². The highest BCUT2D eigenvalue weighted by atomic mass is 16.2. The quantitative estimate of drug-likeness (QED) is 0.886. The SMILES string of the molecule is CC(C)[C@H]1Cn2nnc(C(=O)N3CCCCCC3)c2C(=O)N1. The van der Waals surface area contributed by atoms with E-state index < -0.39 is 0 Å². The maximum absolute atomic E-state index is 12.7. The predicted molar refractivity (Wildman–Crippen MR) is 80.5 cm³/mol. The van der Waals surface area contributed by atoms with Crippen molar-refractivity contribution in [3.8, 4) is 0 Å². The molecule has 0 saturated carbocycles. The van der Waals surface area contributed by atoms with E-state index >= 15 is 0 Å². The van der Waals surface area contributed by atoms with Crippen LogP contribution in [0.3, 0.4) is 0 Å². The van der Waals surface area contributed by atoms with Crippen molar-refractivity contribution in [1.82, 2.24) is 25.2 Å². The zero-order valence-electron chi connectivity index (χ0n) is 13.2. The minimum atomic E-state index is -0.242. The smallest absolute Gasteiger partial charge is 0.276 e. The highest BCUT2D eigenvalue weighted by Gasteiger charge is 2.34. The van der Waals surface area contributed by atoms with Crippen LogP contribution < -0.4 is 5.32 Å². The molecule has 1 atom stereocenters. The molecule has 0 aliphatic carbocycles. The molecule has 22 heavy (non-hydrogen) atoms. The van der Waals surface area contributed by atoms with Gasteiger partial charge in [0.1, 0.15) is 0 Å². The summed E-state index contributed by atoms with van der Waals surface area (Å²) < 4.78 is 1.58. The number of likely N-dealkylation sites (tertiary alicyclic amines) is 1. The summed E-state index contributed by atoms with van der Waals surface area (Å²) in [7, 11) is 0. The number of hydrogen-bond acceptors (Lipinski definition) is 4. The van der Waals surface area contributed by atoms with Gasteiger partial charge in [0.05, 0.1) is 12.6 Å². The molecule has 120 valence electrons. The van der Waals surface area contributed by atoms with Crippen molar-refractivity contribution in [2.45, 2.75) is 52.1 Å². The number of nitrogens with one attached hydrogen (secondary N) is 1. The summed E-state index contributed by atoms with van der Waals surface area (Å²) in [6.07, 6.45) is 4.33. The summed E-state index contributed by atoms with van der Waals surface area (Å²) in [5.41, 5.74) is 0.507. The number of rotatable bonds is 2. The predicted octanol–water partition coefficient (Wildman–Crippen LogP) is 1.06. The van der Waals surface area contributed by atoms with Gasteiger partial charge < -0.3 is 10.2 Å². The van der Waals surface area contributed by atoms with Crippen molar-refractivity contribution in [1.29, 1.82) is 0 Å². The Bertz CT molecular complexity index is 572. The number of fused-ring (bicyclic) bond motifs is 1. The van der Waals surface area contributed by atoms with Gasteiger partial charge in [0.15, 0.2) is 11.4 Å². The maximum atomic E-state index is 12.7. The van der Waals surface area contributed by atoms with Crippen molar-refractivity contribution in [3.05, 3.63) is 11.4 Å². The normalized spacial score (nSPS) is 22.2. The molecular weight excluding hydrogens is 282 g/mol. The molecule has 3 heterocycles. The molecule has 1 N–H and O–H groups in total. The second-order valence-electron chi connectivity index (χ2n) is 6.50. The monoisotopic (exact) mass is 305 g/mol. The number of aromatic nitrogens is 3. The van der Waals surface area contributed by atoms with Crippen LogP contribution in [-0.2, 0) is 6.54 Å². The summed E-state index contributed by atoms with van der Waals surface area (Å²) in [5.74, 6) is -0.0968. The van der Waals surface area contributed by atoms with E-state index in [1.807, 2.05) is 0 Å². The molecule has 7 heteroatoms. The minimum Gasteiger partial charge on any atom is -0.346 e. The second-order valence-corrected chi connectivity index (χ2v) is 6.50. The van der Waals surface area contributed by atoms with Gasteiger partial charge in [-0.3, -0.25) is 9.59 Å². The Morgan fingerprint density at radius 3 is 2.55 bits per heavy atom. The summed E-state index contributed by atoms with van der Waals surface area (Å²) >= 11 is 0. The zero-order valence-corrected chi connectivity index (χ0v) is 13.2. The Hall–Kier alpha value is -1.92. The third-order valence-electron chi connectivity index (χ3n) is 4.54. The first kappa shape index (κ1) is 15.0. The van der Waals surface area contributed by atoms with Gasteiger partial charge in [0.25, 0.3) is 11.8 Å². The van der Waals surface area contributed by atoms with Crippen LogP contribution in [-0.4, -0.2) is 50.8 Å². The number of carbonyl (C=O) groups excluding carboxylic acids is 2. The summed E-state index contributed by atoms with van der Waals surface area (Å²) in [4.78, 5) is 26.8. The Kier molecular flexibility index (Phi) is 4.13. The van der Waals surface area contributed by atoms with Crippen molar-refractivity contribution in [2.75, 3.05) is 13.1 Å². The third kappa shape index (κ3) is 2.71. The van der Waals surface area contributed by atoms with Crippen molar-refractivity contribution < 1.29 is 9.59 Å². The first-order chi connectivity index (χ1) is 10.6. The molecule has 2 aliphatic heterocycles. The first-order valence-electron chi connectivity index (χ1n) is 8.11. The molecule has 1 aromatic heterocycles. The lowest BCUT2D eigenvalue weighted by molar-refractivity contribution is 0.0744. The van der Waals surface area contributed by atoms with Gasteiger partial charge in [0, 0.05) is 13.1 Å². The van der Waals surface area contributed by atoms with Crippen LogP contribution in [0.2, 0.25) is 0 Å². The fraction of sp³-hybridized carbons (Fsp3) is 0.733. The van der Waals surface area contributed by atoms with Crippen LogP contribution in [0.1, 0.15) is 60.5 Å². The molecule has 0 aromatic carbocycles. The lowest BCUT2D eigenvalue weighted by Gasteiger charge is -2.27. The van der Waals surface area contributed by atoms with Gasteiger partial charge in [-0.25, -0.2) is 4.68 Å². The standard InChI is InChI=1S/C15H23N5O2/c1-10(2)11-9-20-13(14(21)16-11)12(17-18-20)15(22)19-7-5-3-4-6-8-19/h10-11H,3-9H2,1-2H3,(H,16,21)/t11-/m1/s1. The molecule has 0 spiro atoms. The molecule has 2 aliphatic rings. The Labute approximate surface area is 130 Å². The summed E-state index contributed by atoms with van der Waals surface area (Å²) in [6.45, 7) is 6.15. The Morgan fingerprint density at radius 1 is 1.23 bits per heavy atom. The van der Waals surface area contributed by atoms with Gasteiger partial charge in [-0.2, -0.15) is 0 Å². The molecule has 1 aromatic rings. The topological polar surface area (TPSA) is 80.1 Å². The van der Waals surface area contributed by atoms with Gasteiger partial charge in [-0.05, 0) is 18.8 Å². The van der Waals surface area contributed by atoms with Gasteiger partial charge >= 0.3 is 0 Å². The average Bonchev–Trinajstić information content (AvgIpc) is 2.74. The molecule has 0 bridgehead atoms. The van der Waals surface area contributed by atoms with Crippen LogP contribution >= 0.6 is 0 Å². The fourth-order valence-corrected chi connectivity index (χ4v) is 3.08. The lowest BCUT2D eigenvalue weighted by Crippen LogP contribution is -2.48. The summed E-state index contributed by atoms with van der Waals surface area (Å²) in [6, 6.07) is 0.0304. The average molecular weight is 305 g/mol. The van der Waals surface area contributed by atoms with Gasteiger partial charge in [0.2, 0.25) is 0 Å². The summed E-state index contributed by atoms with van der Waals surface area (Å²) in [5, 5.41) is 11.0. The number of amides is 2. The van der Waals surface area contributed by atoms with Crippen LogP contribution in [0, 0.1) is 5.92 Å². The van der Waals surface area contributed by atoms with E-state index in [1.54, 1.807) is 9.58 Å². The lowest BCUT2D eigenvalue weighted by atomic mass is 10.0.